The lowest BCUT2D eigenvalue weighted by atomic mass is 9.74. The number of aryl methyl sites for hydroxylation is 1. The van der Waals surface area contributed by atoms with E-state index in [0.29, 0.717) is 38.3 Å². The molecule has 0 radical (unpaired) electrons. The van der Waals surface area contributed by atoms with Gasteiger partial charge in [-0.05, 0) is 98.0 Å². The van der Waals surface area contributed by atoms with E-state index in [1.54, 1.807) is 47.7 Å². The van der Waals surface area contributed by atoms with Crippen molar-refractivity contribution in [1.29, 1.82) is 0 Å². The number of hydrogen-bond donors (Lipinski definition) is 6. The largest absolute Gasteiger partial charge is 0.494 e. The predicted molar refractivity (Wildman–Crippen MR) is 272 cm³/mol. The van der Waals surface area contributed by atoms with Crippen LogP contribution < -0.4 is 14.8 Å². The molecule has 5 rings (SSSR count). The minimum absolute atomic E-state index is 0.0425. The number of nitrogens with zero attached hydrogens (tertiary/aromatic N) is 2. The molecule has 3 aliphatic rings. The molecule has 0 spiro atoms. The number of esters is 1. The summed E-state index contributed by atoms with van der Waals surface area (Å²) >= 11 is 0. The molecule has 19 heteroatoms. The Morgan fingerprint density at radius 3 is 2.15 bits per heavy atom. The van der Waals surface area contributed by atoms with Gasteiger partial charge in [0.2, 0.25) is 17.8 Å². The summed E-state index contributed by atoms with van der Waals surface area (Å²) in [5.41, 5.74) is -1.93. The number of Topliss-reactive ketones (excluding diaryl/α,β-unsaturated/α-hetero) is 1. The highest BCUT2D eigenvalue weighted by Gasteiger charge is 2.54. The van der Waals surface area contributed by atoms with Crippen molar-refractivity contribution in [1.82, 2.24) is 10.2 Å². The number of ether oxygens (including phenoxy) is 8. The predicted octanol–water partition coefficient (Wildman–Crippen LogP) is 4.29. The van der Waals surface area contributed by atoms with Crippen LogP contribution in [0.25, 0.3) is 11.1 Å². The standard InChI is InChI=1S/C55H87N3O16/c1-15-42-55(11,65)48(62)34(5)45(60)31(2)28-54(10,68-14)50(35(6)47(36(7)51(64)72-42)73-44-29-53(9,67-13)49(63)37(8)71-44)74-52-46(61)41(27-33(4)70-52)57(12)25-23-43(59)56-24-16-26-69-40-21-19-38(20-22-40)39-18-17-32(3)58(66)30-39/h17-22,30-31,33-37,41-42,44,46-50,52,61-63,65H,15-16,23-29H2,1-14H3,(H-,56,59,66)/p+1/t31-,33-,34+,35+,36-,37+,41+,42-,44+,46-,47+,48-,49+,50-,52-,53-,54-,55-/m1/s1. The van der Waals surface area contributed by atoms with Gasteiger partial charge in [0.05, 0.1) is 59.8 Å². The molecule has 1 aromatic heterocycles. The monoisotopic (exact) mass is 1050 g/mol. The lowest BCUT2D eigenvalue weighted by molar-refractivity contribution is -0.908. The average molecular weight is 1050 g/mol. The van der Waals surface area contributed by atoms with Crippen molar-refractivity contribution < 1.29 is 82.6 Å². The molecule has 418 valence electrons. The van der Waals surface area contributed by atoms with Gasteiger partial charge < -0.3 is 68.5 Å². The van der Waals surface area contributed by atoms with E-state index in [1.807, 2.05) is 69.1 Å². The van der Waals surface area contributed by atoms with Crippen molar-refractivity contribution in [2.24, 2.45) is 23.7 Å². The van der Waals surface area contributed by atoms with Gasteiger partial charge in [-0.25, -0.2) is 0 Å². The van der Waals surface area contributed by atoms with E-state index < -0.39 is 114 Å². The number of aliphatic hydroxyl groups excluding tert-OH is 3. The summed E-state index contributed by atoms with van der Waals surface area (Å²) in [7, 11) is 4.80. The molecule has 18 atom stereocenters. The number of aromatic nitrogens is 1. The Balaban J connectivity index is 1.33. The molecule has 3 saturated heterocycles. The van der Waals surface area contributed by atoms with E-state index in [9.17, 15) is 40.0 Å². The van der Waals surface area contributed by atoms with Crippen LogP contribution in [0.1, 0.15) is 113 Å². The molecule has 0 aliphatic carbocycles. The molecule has 3 aliphatic heterocycles. The summed E-state index contributed by atoms with van der Waals surface area (Å²) in [5.74, 6) is -4.33. The minimum atomic E-state index is -2.01. The van der Waals surface area contributed by atoms with Gasteiger partial charge in [0.25, 0.3) is 0 Å². The van der Waals surface area contributed by atoms with Crippen LogP contribution in [0, 0.1) is 30.6 Å². The van der Waals surface area contributed by atoms with Crippen LogP contribution in [0.3, 0.4) is 0 Å². The van der Waals surface area contributed by atoms with Crippen molar-refractivity contribution in [3.63, 3.8) is 0 Å². The number of amides is 1. The lowest BCUT2D eigenvalue weighted by Crippen LogP contribution is -2.61. The molecular weight excluding hydrogens is 959 g/mol. The smallest absolute Gasteiger partial charge is 0.311 e. The van der Waals surface area contributed by atoms with E-state index in [2.05, 4.69) is 5.32 Å². The van der Waals surface area contributed by atoms with Gasteiger partial charge >= 0.3 is 5.97 Å². The number of hydrogen-bond acceptors (Lipinski definition) is 17. The molecule has 6 N–H and O–H groups in total. The molecule has 0 unspecified atom stereocenters. The normalized spacial score (nSPS) is 37.7. The highest BCUT2D eigenvalue weighted by atomic mass is 16.7. The second kappa shape index (κ2) is 26.0. The number of likely N-dealkylation sites (N-methyl/N-ethyl adjacent to an activating group) is 1. The van der Waals surface area contributed by atoms with Crippen LogP contribution in [-0.4, -0.2) is 173 Å². The number of nitrogens with one attached hydrogen (secondary N) is 1. The molecule has 3 fully saturated rings. The zero-order valence-corrected chi connectivity index (χ0v) is 46.2. The van der Waals surface area contributed by atoms with Crippen molar-refractivity contribution in [3.05, 3.63) is 48.3 Å². The van der Waals surface area contributed by atoms with Crippen LogP contribution in [-0.2, 0) is 47.5 Å². The third-order valence-electron chi connectivity index (χ3n) is 16.1. The van der Waals surface area contributed by atoms with Gasteiger partial charge in [0.15, 0.2) is 12.6 Å². The maximum absolute atomic E-state index is 14.4. The number of benzene rings is 1. The van der Waals surface area contributed by atoms with Crippen LogP contribution in [0.4, 0.5) is 0 Å². The number of carbonyl (C=O) groups is 3. The fourth-order valence-corrected chi connectivity index (χ4v) is 11.0. The zero-order valence-electron chi connectivity index (χ0n) is 46.2. The summed E-state index contributed by atoms with van der Waals surface area (Å²) in [4.78, 5) is 43.7. The fourth-order valence-electron chi connectivity index (χ4n) is 11.0. The van der Waals surface area contributed by atoms with E-state index in [-0.39, 0.29) is 37.4 Å². The molecule has 0 bridgehead atoms. The molecule has 1 amide bonds. The van der Waals surface area contributed by atoms with Crippen molar-refractivity contribution in [2.45, 2.75) is 199 Å². The van der Waals surface area contributed by atoms with Gasteiger partial charge in [-0.2, -0.15) is 0 Å². The molecule has 19 nitrogen and oxygen atoms in total. The first-order chi connectivity index (χ1) is 34.7. The summed E-state index contributed by atoms with van der Waals surface area (Å²) in [5, 5.41) is 59.7. The Morgan fingerprint density at radius 1 is 0.878 bits per heavy atom. The Bertz CT molecular complexity index is 2150. The Hall–Kier alpha value is -3.86. The Kier molecular flexibility index (Phi) is 21.4. The second-order valence-corrected chi connectivity index (χ2v) is 21.9. The van der Waals surface area contributed by atoms with Gasteiger partial charge in [0, 0.05) is 81.7 Å². The molecule has 4 heterocycles. The first-order valence-electron chi connectivity index (χ1n) is 26.4. The molecule has 2 aromatic rings. The number of pyridine rings is 1. The third-order valence-corrected chi connectivity index (χ3v) is 16.1. The second-order valence-electron chi connectivity index (χ2n) is 21.9. The summed E-state index contributed by atoms with van der Waals surface area (Å²) in [6.07, 6.45) is -7.63. The van der Waals surface area contributed by atoms with E-state index in [4.69, 9.17) is 37.9 Å². The molecule has 0 saturated carbocycles. The maximum Gasteiger partial charge on any atom is 0.311 e. The highest BCUT2D eigenvalue weighted by Crippen LogP contribution is 2.42. The molecular formula is C55H88N3O16+. The van der Waals surface area contributed by atoms with Crippen molar-refractivity contribution >= 4 is 17.7 Å². The number of rotatable bonds is 17. The van der Waals surface area contributed by atoms with Crippen LogP contribution in [0.5, 0.6) is 5.75 Å². The SMILES string of the molecule is CC[C@H]1OC(=O)[C@H](C)[C@@H](O[C@H]2C[C@@](C)(OC)[C@@H](O)[C@H](C)O2)[C@H](C)[C@@H](O[C@H]2O[C@H](C)C[C@H](N(C)CCC(=O)NCCCOc3ccc(-c4ccc(C)[n+](O)c4)cc3)[C@H]2O)[C@](C)(OC)C[C@@H](C)C(=O)[C@H](C)[C@@H](O)[C@]1(C)O. The van der Waals surface area contributed by atoms with Gasteiger partial charge in [-0.1, -0.05) is 39.8 Å². The van der Waals surface area contributed by atoms with E-state index >= 15 is 0 Å². The minimum Gasteiger partial charge on any atom is -0.494 e. The van der Waals surface area contributed by atoms with Crippen LogP contribution >= 0.6 is 0 Å². The third kappa shape index (κ3) is 14.4. The fraction of sp³-hybridized carbons (Fsp3) is 0.745. The van der Waals surface area contributed by atoms with E-state index in [1.165, 1.54) is 28.1 Å². The number of aliphatic hydroxyl groups is 4. The first-order valence-corrected chi connectivity index (χ1v) is 26.4. The lowest BCUT2D eigenvalue weighted by Gasteiger charge is -2.50. The van der Waals surface area contributed by atoms with Crippen LogP contribution in [0.2, 0.25) is 0 Å². The van der Waals surface area contributed by atoms with Crippen molar-refractivity contribution in [2.75, 3.05) is 41.0 Å². The number of methoxy groups -OCH3 is 2. The summed E-state index contributed by atoms with van der Waals surface area (Å²) in [6.45, 7) is 19.8. The topological polar surface area (TPSA) is 245 Å². The highest BCUT2D eigenvalue weighted by molar-refractivity contribution is 5.83. The first kappa shape index (κ1) is 61.0. The molecule has 74 heavy (non-hydrogen) atoms. The maximum atomic E-state index is 14.4. The van der Waals surface area contributed by atoms with Gasteiger partial charge in [0.1, 0.15) is 35.4 Å². The Labute approximate surface area is 438 Å². The van der Waals surface area contributed by atoms with Crippen LogP contribution in [0.15, 0.2) is 42.6 Å². The number of ketones is 1. The average Bonchev–Trinajstić information content (AvgIpc) is 3.37. The summed E-state index contributed by atoms with van der Waals surface area (Å²) < 4.78 is 51.6. The molecule has 1 aromatic carbocycles. The summed E-state index contributed by atoms with van der Waals surface area (Å²) in [6, 6.07) is 10.8. The Morgan fingerprint density at radius 2 is 1.53 bits per heavy atom. The van der Waals surface area contributed by atoms with Gasteiger partial charge in [-0.15, -0.1) is 0 Å². The number of cyclic esters (lactones) is 1. The van der Waals surface area contributed by atoms with Crippen molar-refractivity contribution in [3.8, 4) is 16.9 Å². The zero-order chi connectivity index (χ0) is 55.0. The quantitative estimate of drug-likeness (QED) is 0.0560. The number of carbonyl (C=O) groups excluding carboxylic acids is 3. The van der Waals surface area contributed by atoms with E-state index in [0.717, 1.165) is 21.6 Å². The van der Waals surface area contributed by atoms with Gasteiger partial charge in [-0.3, -0.25) is 19.6 Å².